The highest BCUT2D eigenvalue weighted by Gasteiger charge is 2.10. The van der Waals surface area contributed by atoms with Crippen molar-refractivity contribution in [2.24, 2.45) is 5.92 Å². The number of aromatic nitrogens is 2. The van der Waals surface area contributed by atoms with Gasteiger partial charge in [0.05, 0.1) is 5.69 Å². The van der Waals surface area contributed by atoms with Crippen LogP contribution in [0.3, 0.4) is 0 Å². The number of aryl methyl sites for hydroxylation is 2. The quantitative estimate of drug-likeness (QED) is 0.712. The lowest BCUT2D eigenvalue weighted by molar-refractivity contribution is 0.0956. The lowest BCUT2D eigenvalue weighted by Crippen LogP contribution is -2.33. The Balaban J connectivity index is 1.79. The maximum atomic E-state index is 12.0. The molecule has 0 bridgehead atoms. The number of anilines is 1. The fraction of sp³-hybridized carbons (Fsp3) is 0.421. The first-order chi connectivity index (χ1) is 12.4. The summed E-state index contributed by atoms with van der Waals surface area (Å²) in [4.78, 5) is 23.8. The van der Waals surface area contributed by atoms with Crippen molar-refractivity contribution in [3.8, 4) is 0 Å². The molecule has 3 amide bonds. The van der Waals surface area contributed by atoms with Crippen molar-refractivity contribution in [1.29, 1.82) is 0 Å². The number of amides is 3. The van der Waals surface area contributed by atoms with E-state index in [0.717, 1.165) is 17.9 Å². The molecule has 0 saturated carbocycles. The molecular formula is C19H27N5O2. The summed E-state index contributed by atoms with van der Waals surface area (Å²) >= 11 is 0. The summed E-state index contributed by atoms with van der Waals surface area (Å²) in [5.41, 5.74) is 3.32. The van der Waals surface area contributed by atoms with Crippen molar-refractivity contribution >= 4 is 17.6 Å². The van der Waals surface area contributed by atoms with Crippen LogP contribution in [-0.4, -0.2) is 34.8 Å². The van der Waals surface area contributed by atoms with E-state index in [-0.39, 0.29) is 17.9 Å². The van der Waals surface area contributed by atoms with Crippen molar-refractivity contribution < 1.29 is 9.59 Å². The second-order valence-electron chi connectivity index (χ2n) is 6.49. The van der Waals surface area contributed by atoms with Gasteiger partial charge in [0.2, 0.25) is 0 Å². The van der Waals surface area contributed by atoms with Gasteiger partial charge in [0.15, 0.2) is 0 Å². The molecule has 0 aliphatic rings. The van der Waals surface area contributed by atoms with Gasteiger partial charge >= 0.3 is 6.03 Å². The number of benzene rings is 1. The van der Waals surface area contributed by atoms with Gasteiger partial charge in [0.25, 0.3) is 5.91 Å². The van der Waals surface area contributed by atoms with Crippen LogP contribution in [0.15, 0.2) is 30.3 Å². The molecule has 2 aromatic rings. The normalized spacial score (nSPS) is 11.7. The van der Waals surface area contributed by atoms with E-state index in [1.54, 1.807) is 24.3 Å². The van der Waals surface area contributed by atoms with E-state index in [1.165, 1.54) is 0 Å². The molecule has 26 heavy (non-hydrogen) atoms. The third-order valence-corrected chi connectivity index (χ3v) is 3.94. The highest BCUT2D eigenvalue weighted by Crippen LogP contribution is 2.10. The van der Waals surface area contributed by atoms with Gasteiger partial charge in [-0.25, -0.2) is 4.79 Å². The average Bonchev–Trinajstić information content (AvgIpc) is 2.91. The summed E-state index contributed by atoms with van der Waals surface area (Å²) < 4.78 is 1.96. The molecule has 1 heterocycles. The maximum absolute atomic E-state index is 12.0. The fourth-order valence-corrected chi connectivity index (χ4v) is 2.63. The first-order valence-electron chi connectivity index (χ1n) is 8.83. The van der Waals surface area contributed by atoms with E-state index in [2.05, 4.69) is 28.0 Å². The molecule has 7 heteroatoms. The van der Waals surface area contributed by atoms with Crippen LogP contribution < -0.4 is 16.0 Å². The summed E-state index contributed by atoms with van der Waals surface area (Å²) in [5, 5.41) is 12.8. The fourth-order valence-electron chi connectivity index (χ4n) is 2.63. The third-order valence-electron chi connectivity index (χ3n) is 3.94. The van der Waals surface area contributed by atoms with Gasteiger partial charge in [-0.3, -0.25) is 9.48 Å². The summed E-state index contributed by atoms with van der Waals surface area (Å²) in [6.45, 7) is 9.81. The van der Waals surface area contributed by atoms with Gasteiger partial charge in [-0.2, -0.15) is 5.10 Å². The molecule has 0 saturated heterocycles. The van der Waals surface area contributed by atoms with Crippen LogP contribution in [0.5, 0.6) is 0 Å². The third kappa shape index (κ3) is 5.61. The number of urea groups is 1. The number of carbonyl (C=O) groups is 2. The zero-order valence-corrected chi connectivity index (χ0v) is 15.8. The highest BCUT2D eigenvalue weighted by atomic mass is 16.2. The molecule has 0 aliphatic heterocycles. The van der Waals surface area contributed by atoms with Crippen LogP contribution in [0, 0.1) is 19.8 Å². The molecule has 1 aromatic carbocycles. The minimum absolute atomic E-state index is 0.124. The highest BCUT2D eigenvalue weighted by molar-refractivity contribution is 5.95. The molecule has 0 radical (unpaired) electrons. The molecule has 3 N–H and O–H groups in total. The predicted octanol–water partition coefficient (Wildman–Crippen LogP) is 2.71. The van der Waals surface area contributed by atoms with Gasteiger partial charge in [-0.15, -0.1) is 0 Å². The minimum Gasteiger partial charge on any atom is -0.352 e. The Morgan fingerprint density at radius 3 is 2.42 bits per heavy atom. The van der Waals surface area contributed by atoms with Gasteiger partial charge in [0, 0.05) is 36.6 Å². The molecule has 0 spiro atoms. The lowest BCUT2D eigenvalue weighted by Gasteiger charge is -2.14. The van der Waals surface area contributed by atoms with Crippen LogP contribution in [0.2, 0.25) is 0 Å². The van der Waals surface area contributed by atoms with E-state index in [1.807, 2.05) is 31.5 Å². The average molecular weight is 357 g/mol. The smallest absolute Gasteiger partial charge is 0.319 e. The van der Waals surface area contributed by atoms with Crippen molar-refractivity contribution in [2.75, 3.05) is 18.4 Å². The number of nitrogens with zero attached hydrogens (tertiary/aromatic N) is 2. The Bertz CT molecular complexity index is 752. The van der Waals surface area contributed by atoms with E-state index >= 15 is 0 Å². The van der Waals surface area contributed by atoms with Crippen LogP contribution in [0.25, 0.3) is 0 Å². The summed E-state index contributed by atoms with van der Waals surface area (Å²) in [6.07, 6.45) is 0. The summed E-state index contributed by atoms with van der Waals surface area (Å²) in [6, 6.07) is 8.57. The molecule has 7 nitrogen and oxygen atoms in total. The van der Waals surface area contributed by atoms with E-state index in [9.17, 15) is 9.59 Å². The number of rotatable bonds is 7. The Labute approximate surface area is 154 Å². The first-order valence-corrected chi connectivity index (χ1v) is 8.83. The van der Waals surface area contributed by atoms with Crippen molar-refractivity contribution in [3.05, 3.63) is 47.3 Å². The van der Waals surface area contributed by atoms with Crippen LogP contribution in [-0.2, 0) is 6.54 Å². The second-order valence-corrected chi connectivity index (χ2v) is 6.49. The maximum Gasteiger partial charge on any atom is 0.319 e. The molecule has 2 rings (SSSR count). The zero-order valence-electron chi connectivity index (χ0n) is 15.8. The predicted molar refractivity (Wildman–Crippen MR) is 102 cm³/mol. The molecule has 0 fully saturated rings. The molecule has 140 valence electrons. The molecule has 1 aromatic heterocycles. The minimum atomic E-state index is -0.268. The Morgan fingerprint density at radius 2 is 1.85 bits per heavy atom. The molecule has 0 aliphatic carbocycles. The molecule has 1 atom stereocenters. The molecular weight excluding hydrogens is 330 g/mol. The SMILES string of the molecule is CCNC(=O)c1ccc(NC(=O)NCC(C)Cn2nc(C)cc2C)cc1. The topological polar surface area (TPSA) is 88.0 Å². The van der Waals surface area contributed by atoms with Crippen LogP contribution in [0.4, 0.5) is 10.5 Å². The zero-order chi connectivity index (χ0) is 19.1. The summed E-state index contributed by atoms with van der Waals surface area (Å²) in [7, 11) is 0. The van der Waals surface area contributed by atoms with Gasteiger partial charge < -0.3 is 16.0 Å². The van der Waals surface area contributed by atoms with Gasteiger partial charge in [-0.1, -0.05) is 6.92 Å². The monoisotopic (exact) mass is 357 g/mol. The van der Waals surface area contributed by atoms with Crippen LogP contribution in [0.1, 0.15) is 35.6 Å². The molecule has 1 unspecified atom stereocenters. The van der Waals surface area contributed by atoms with Crippen molar-refractivity contribution in [1.82, 2.24) is 20.4 Å². The first kappa shape index (κ1) is 19.5. The number of hydrogen-bond donors (Lipinski definition) is 3. The van der Waals surface area contributed by atoms with Crippen molar-refractivity contribution in [2.45, 2.75) is 34.2 Å². The number of carbonyl (C=O) groups excluding carboxylic acids is 2. The van der Waals surface area contributed by atoms with Crippen LogP contribution >= 0.6 is 0 Å². The second kappa shape index (κ2) is 9.03. The Morgan fingerprint density at radius 1 is 1.15 bits per heavy atom. The number of hydrogen-bond acceptors (Lipinski definition) is 3. The summed E-state index contributed by atoms with van der Waals surface area (Å²) in [5.74, 6) is 0.125. The number of nitrogens with one attached hydrogen (secondary N) is 3. The van der Waals surface area contributed by atoms with E-state index in [0.29, 0.717) is 24.3 Å². The van der Waals surface area contributed by atoms with E-state index in [4.69, 9.17) is 0 Å². The lowest BCUT2D eigenvalue weighted by atomic mass is 10.2. The standard InChI is InChI=1S/C19H27N5O2/c1-5-20-18(25)16-6-8-17(9-7-16)22-19(26)21-11-13(2)12-24-15(4)10-14(3)23-24/h6-10,13H,5,11-12H2,1-4H3,(H,20,25)(H2,21,22,26). The Hall–Kier alpha value is -2.83. The largest absolute Gasteiger partial charge is 0.352 e. The van der Waals surface area contributed by atoms with Gasteiger partial charge in [-0.05, 0) is 57.0 Å². The Kier molecular flexibility index (Phi) is 6.77. The van der Waals surface area contributed by atoms with E-state index < -0.39 is 0 Å². The van der Waals surface area contributed by atoms with Gasteiger partial charge in [0.1, 0.15) is 0 Å². The van der Waals surface area contributed by atoms with Crippen molar-refractivity contribution in [3.63, 3.8) is 0 Å².